The second kappa shape index (κ2) is 10.8. The molecule has 1 fully saturated rings. The van der Waals surface area contributed by atoms with Gasteiger partial charge in [-0.25, -0.2) is 17.7 Å². The molecule has 4 aromatic rings. The van der Waals surface area contributed by atoms with E-state index in [1.165, 1.54) is 22.7 Å². The summed E-state index contributed by atoms with van der Waals surface area (Å²) in [5.74, 6) is 2.39. The summed E-state index contributed by atoms with van der Waals surface area (Å²) in [6.07, 6.45) is 3.53. The number of nitrogens with one attached hydrogen (secondary N) is 1. The second-order valence-corrected chi connectivity index (χ2v) is 11.9. The Bertz CT molecular complexity index is 1710. The van der Waals surface area contributed by atoms with E-state index in [0.29, 0.717) is 80.1 Å². The number of sulfonamides is 1. The summed E-state index contributed by atoms with van der Waals surface area (Å²) in [6.45, 7) is 2.84. The Hall–Kier alpha value is -4.50. The topological polar surface area (TPSA) is 158 Å². The Labute approximate surface area is 235 Å². The van der Waals surface area contributed by atoms with Crippen LogP contribution in [0.2, 0.25) is 0 Å². The fourth-order valence-electron chi connectivity index (χ4n) is 4.90. The van der Waals surface area contributed by atoms with E-state index in [0.717, 1.165) is 11.1 Å². The quantitative estimate of drug-likeness (QED) is 0.241. The van der Waals surface area contributed by atoms with Gasteiger partial charge in [0.05, 0.1) is 24.1 Å². The van der Waals surface area contributed by atoms with Crippen LogP contribution < -0.4 is 19.7 Å². The summed E-state index contributed by atoms with van der Waals surface area (Å²) in [6, 6.07) is 12.1. The average molecular weight is 581 g/mol. The van der Waals surface area contributed by atoms with Crippen LogP contribution in [0.25, 0.3) is 11.2 Å². The van der Waals surface area contributed by atoms with Gasteiger partial charge < -0.3 is 24.3 Å². The number of nitrogens with zero attached hydrogens (tertiary/aromatic N) is 7. The number of aromatic nitrogens is 4. The standard InChI is InChI=1S/C26H28N8O6S/c1-41(37,38)33-10-2-9-31(11-12-33)26-29-24(27-14-19-5-8-21-22(13-19)40-17-39-21)23-25(30-26)32(16-28-23)15-18-3-6-20(7-4-18)34(35)36/h3-8,13,16H,2,9-12,14-15,17H2,1H3,(H,27,29,30). The first-order valence-corrected chi connectivity index (χ1v) is 14.9. The van der Waals surface area contributed by atoms with Gasteiger partial charge >= 0.3 is 0 Å². The minimum Gasteiger partial charge on any atom is -0.454 e. The molecule has 0 aliphatic carbocycles. The molecule has 4 heterocycles. The van der Waals surface area contributed by atoms with Crippen LogP contribution in [0.3, 0.4) is 0 Å². The van der Waals surface area contributed by atoms with Crippen LogP contribution >= 0.6 is 0 Å². The van der Waals surface area contributed by atoms with Crippen molar-refractivity contribution < 1.29 is 22.8 Å². The van der Waals surface area contributed by atoms with E-state index in [4.69, 9.17) is 19.4 Å². The number of ether oxygens (including phenoxy) is 2. The normalized spacial score (nSPS) is 15.7. The van der Waals surface area contributed by atoms with Crippen molar-refractivity contribution in [2.75, 3.05) is 49.4 Å². The number of anilines is 2. The summed E-state index contributed by atoms with van der Waals surface area (Å²) in [5, 5.41) is 14.4. The monoisotopic (exact) mass is 580 g/mol. The molecule has 0 atom stereocenters. The lowest BCUT2D eigenvalue weighted by Crippen LogP contribution is -2.35. The Morgan fingerprint density at radius 2 is 1.78 bits per heavy atom. The molecule has 0 spiro atoms. The summed E-state index contributed by atoms with van der Waals surface area (Å²) in [5.41, 5.74) is 3.00. The van der Waals surface area contributed by atoms with Crippen LogP contribution in [-0.2, 0) is 23.1 Å². The smallest absolute Gasteiger partial charge is 0.269 e. The third-order valence-electron chi connectivity index (χ3n) is 7.06. The van der Waals surface area contributed by atoms with E-state index in [9.17, 15) is 18.5 Å². The van der Waals surface area contributed by atoms with Crippen molar-refractivity contribution in [3.8, 4) is 11.5 Å². The van der Waals surface area contributed by atoms with E-state index >= 15 is 0 Å². The summed E-state index contributed by atoms with van der Waals surface area (Å²) in [7, 11) is -3.30. The van der Waals surface area contributed by atoms with Crippen LogP contribution in [0.5, 0.6) is 11.5 Å². The van der Waals surface area contributed by atoms with Crippen LogP contribution in [-0.4, -0.2) is 76.4 Å². The highest BCUT2D eigenvalue weighted by Gasteiger charge is 2.24. The fourth-order valence-corrected chi connectivity index (χ4v) is 5.77. The molecule has 0 bridgehead atoms. The first kappa shape index (κ1) is 26.7. The number of hydrogen-bond donors (Lipinski definition) is 1. The van der Waals surface area contributed by atoms with E-state index in [-0.39, 0.29) is 12.5 Å². The predicted octanol–water partition coefficient (Wildman–Crippen LogP) is 2.60. The molecule has 0 radical (unpaired) electrons. The van der Waals surface area contributed by atoms with Crippen molar-refractivity contribution in [1.82, 2.24) is 23.8 Å². The zero-order chi connectivity index (χ0) is 28.6. The number of fused-ring (bicyclic) bond motifs is 2. The van der Waals surface area contributed by atoms with Gasteiger partial charge in [-0.2, -0.15) is 9.97 Å². The van der Waals surface area contributed by atoms with Gasteiger partial charge in [-0.15, -0.1) is 0 Å². The third-order valence-corrected chi connectivity index (χ3v) is 8.36. The maximum absolute atomic E-state index is 12.1. The molecule has 214 valence electrons. The fraction of sp³-hybridized carbons (Fsp3) is 0.346. The molecular weight excluding hydrogens is 552 g/mol. The Balaban J connectivity index is 1.32. The zero-order valence-corrected chi connectivity index (χ0v) is 23.1. The summed E-state index contributed by atoms with van der Waals surface area (Å²) < 4.78 is 38.5. The van der Waals surface area contributed by atoms with Gasteiger partial charge in [-0.1, -0.05) is 18.2 Å². The Morgan fingerprint density at radius 1 is 1.00 bits per heavy atom. The van der Waals surface area contributed by atoms with Crippen molar-refractivity contribution in [1.29, 1.82) is 0 Å². The molecule has 2 aromatic heterocycles. The highest BCUT2D eigenvalue weighted by atomic mass is 32.2. The van der Waals surface area contributed by atoms with Crippen LogP contribution in [0, 0.1) is 10.1 Å². The molecule has 15 heteroatoms. The molecule has 0 unspecified atom stereocenters. The van der Waals surface area contributed by atoms with Crippen LogP contribution in [0.1, 0.15) is 17.5 Å². The largest absolute Gasteiger partial charge is 0.454 e. The molecule has 14 nitrogen and oxygen atoms in total. The Morgan fingerprint density at radius 3 is 2.56 bits per heavy atom. The van der Waals surface area contributed by atoms with E-state index < -0.39 is 14.9 Å². The van der Waals surface area contributed by atoms with Crippen LogP contribution in [0.4, 0.5) is 17.5 Å². The first-order valence-electron chi connectivity index (χ1n) is 13.0. The number of benzene rings is 2. The van der Waals surface area contributed by atoms with Gasteiger partial charge in [-0.05, 0) is 29.7 Å². The van der Waals surface area contributed by atoms with E-state index in [1.54, 1.807) is 18.5 Å². The van der Waals surface area contributed by atoms with E-state index in [2.05, 4.69) is 10.3 Å². The van der Waals surface area contributed by atoms with Gasteiger partial charge in [0.1, 0.15) is 0 Å². The minimum absolute atomic E-state index is 0.0214. The van der Waals surface area contributed by atoms with Crippen molar-refractivity contribution in [2.24, 2.45) is 0 Å². The Kier molecular flexibility index (Phi) is 7.05. The molecule has 0 saturated carbocycles. The number of nitro groups is 1. The van der Waals surface area contributed by atoms with E-state index in [1.807, 2.05) is 27.7 Å². The summed E-state index contributed by atoms with van der Waals surface area (Å²) in [4.78, 5) is 26.9. The third kappa shape index (κ3) is 5.71. The van der Waals surface area contributed by atoms with Crippen molar-refractivity contribution >= 4 is 38.6 Å². The maximum Gasteiger partial charge on any atom is 0.269 e. The molecule has 2 aliphatic rings. The first-order chi connectivity index (χ1) is 19.7. The van der Waals surface area contributed by atoms with Gasteiger partial charge in [0.2, 0.25) is 22.8 Å². The maximum atomic E-state index is 12.1. The second-order valence-electron chi connectivity index (χ2n) is 9.88. The molecular formula is C26H28N8O6S. The molecule has 0 amide bonds. The number of non-ortho nitro benzene ring substituents is 1. The lowest BCUT2D eigenvalue weighted by Gasteiger charge is -2.22. The van der Waals surface area contributed by atoms with Gasteiger partial charge in [0.15, 0.2) is 28.5 Å². The SMILES string of the molecule is CS(=O)(=O)N1CCCN(c2nc(NCc3ccc4c(c3)OCO4)c3ncn(Cc4ccc([N+](=O)[O-])cc4)c3n2)CC1. The van der Waals surface area contributed by atoms with Crippen molar-refractivity contribution in [3.63, 3.8) is 0 Å². The van der Waals surface area contributed by atoms with Crippen molar-refractivity contribution in [3.05, 3.63) is 70.0 Å². The average Bonchev–Trinajstić information content (AvgIpc) is 3.50. The minimum atomic E-state index is -3.30. The lowest BCUT2D eigenvalue weighted by molar-refractivity contribution is -0.384. The highest BCUT2D eigenvalue weighted by Crippen LogP contribution is 2.33. The lowest BCUT2D eigenvalue weighted by atomic mass is 10.2. The van der Waals surface area contributed by atoms with Gasteiger partial charge in [-0.3, -0.25) is 10.1 Å². The summed E-state index contributed by atoms with van der Waals surface area (Å²) >= 11 is 0. The zero-order valence-electron chi connectivity index (χ0n) is 22.3. The van der Waals surface area contributed by atoms with Gasteiger partial charge in [0.25, 0.3) is 5.69 Å². The molecule has 2 aromatic carbocycles. The number of imidazole rings is 1. The predicted molar refractivity (Wildman–Crippen MR) is 151 cm³/mol. The van der Waals surface area contributed by atoms with Crippen molar-refractivity contribution in [2.45, 2.75) is 19.5 Å². The molecule has 1 N–H and O–H groups in total. The molecule has 6 rings (SSSR count). The van der Waals surface area contributed by atoms with Crippen LogP contribution in [0.15, 0.2) is 48.8 Å². The number of nitro benzene ring substituents is 1. The molecule has 1 saturated heterocycles. The number of hydrogen-bond acceptors (Lipinski definition) is 11. The highest BCUT2D eigenvalue weighted by molar-refractivity contribution is 7.88. The molecule has 41 heavy (non-hydrogen) atoms. The molecule has 2 aliphatic heterocycles. The number of rotatable bonds is 8. The van der Waals surface area contributed by atoms with Gasteiger partial charge in [0, 0.05) is 44.9 Å².